The largest absolute Gasteiger partial charge is 0.392 e. The zero-order chi connectivity index (χ0) is 10.8. The van der Waals surface area contributed by atoms with Gasteiger partial charge in [0.25, 0.3) is 0 Å². The number of aliphatic hydroxyl groups excluding tert-OH is 1. The van der Waals surface area contributed by atoms with E-state index in [1.807, 2.05) is 0 Å². The van der Waals surface area contributed by atoms with Crippen LogP contribution in [0.1, 0.15) is 23.1 Å². The summed E-state index contributed by atoms with van der Waals surface area (Å²) in [5, 5.41) is 9.46. The molecule has 1 aliphatic rings. The summed E-state index contributed by atoms with van der Waals surface area (Å²) in [6, 6.07) is 6.45. The first kappa shape index (κ1) is 10.7. The van der Waals surface area contributed by atoms with Crippen LogP contribution >= 0.6 is 0 Å². The van der Waals surface area contributed by atoms with Gasteiger partial charge < -0.3 is 5.11 Å². The van der Waals surface area contributed by atoms with Gasteiger partial charge in [0.1, 0.15) is 0 Å². The molecule has 0 bridgehead atoms. The fourth-order valence-corrected chi connectivity index (χ4v) is 2.18. The minimum atomic E-state index is -0.116. The highest BCUT2D eigenvalue weighted by Crippen LogP contribution is 2.18. The Morgan fingerprint density at radius 3 is 2.87 bits per heavy atom. The fourth-order valence-electron chi connectivity index (χ4n) is 2.18. The van der Waals surface area contributed by atoms with Crippen LogP contribution in [-0.2, 0) is 6.54 Å². The number of hydrogen-bond donors (Lipinski definition) is 1. The van der Waals surface area contributed by atoms with Gasteiger partial charge in [0.05, 0.1) is 6.10 Å². The molecule has 1 atom stereocenters. The fraction of sp³-hybridized carbons (Fsp3) is 0.538. The zero-order valence-electron chi connectivity index (χ0n) is 9.53. The molecule has 0 aliphatic carbocycles. The molecule has 1 fully saturated rings. The molecule has 0 amide bonds. The highest BCUT2D eigenvalue weighted by molar-refractivity contribution is 5.33. The van der Waals surface area contributed by atoms with E-state index in [4.69, 9.17) is 0 Å². The Hall–Kier alpha value is -0.860. The monoisotopic (exact) mass is 205 g/mol. The van der Waals surface area contributed by atoms with Crippen molar-refractivity contribution < 1.29 is 5.11 Å². The summed E-state index contributed by atoms with van der Waals surface area (Å²) >= 11 is 0. The maximum absolute atomic E-state index is 9.46. The van der Waals surface area contributed by atoms with E-state index in [0.717, 1.165) is 26.1 Å². The molecular formula is C13H19NO. The van der Waals surface area contributed by atoms with Crippen LogP contribution in [0.4, 0.5) is 0 Å². The van der Waals surface area contributed by atoms with Crippen molar-refractivity contribution in [1.29, 1.82) is 0 Å². The molecule has 1 aromatic carbocycles. The molecule has 2 nitrogen and oxygen atoms in total. The van der Waals surface area contributed by atoms with Crippen molar-refractivity contribution in [2.45, 2.75) is 32.9 Å². The summed E-state index contributed by atoms with van der Waals surface area (Å²) in [6.45, 7) is 7.15. The number of aryl methyl sites for hydroxylation is 1. The number of hydrogen-bond acceptors (Lipinski definition) is 2. The molecule has 0 spiro atoms. The Labute approximate surface area is 91.5 Å². The summed E-state index contributed by atoms with van der Waals surface area (Å²) in [4.78, 5) is 2.33. The molecule has 2 rings (SSSR count). The third-order valence-electron chi connectivity index (χ3n) is 3.36. The molecule has 0 unspecified atom stereocenters. The minimum absolute atomic E-state index is 0.116. The predicted octanol–water partition coefficient (Wildman–Crippen LogP) is 1.87. The van der Waals surface area contributed by atoms with E-state index < -0.39 is 0 Å². The molecule has 1 N–H and O–H groups in total. The molecule has 0 radical (unpaired) electrons. The van der Waals surface area contributed by atoms with Gasteiger partial charge in [-0.3, -0.25) is 4.90 Å². The van der Waals surface area contributed by atoms with Gasteiger partial charge in [-0.25, -0.2) is 0 Å². The molecular weight excluding hydrogens is 186 g/mol. The lowest BCUT2D eigenvalue weighted by atomic mass is 10.0. The quantitative estimate of drug-likeness (QED) is 0.796. The Morgan fingerprint density at radius 1 is 1.40 bits per heavy atom. The van der Waals surface area contributed by atoms with Crippen LogP contribution < -0.4 is 0 Å². The maximum atomic E-state index is 9.46. The van der Waals surface area contributed by atoms with E-state index in [1.54, 1.807) is 0 Å². The van der Waals surface area contributed by atoms with Crippen molar-refractivity contribution in [2.75, 3.05) is 13.1 Å². The van der Waals surface area contributed by atoms with E-state index in [-0.39, 0.29) is 6.10 Å². The van der Waals surface area contributed by atoms with Crippen LogP contribution in [0.5, 0.6) is 0 Å². The van der Waals surface area contributed by atoms with Crippen LogP contribution in [0.3, 0.4) is 0 Å². The average molecular weight is 205 g/mol. The number of aliphatic hydroxyl groups is 1. The van der Waals surface area contributed by atoms with E-state index in [0.29, 0.717) is 0 Å². The summed E-state index contributed by atoms with van der Waals surface area (Å²) in [6.07, 6.45) is 0.806. The van der Waals surface area contributed by atoms with Gasteiger partial charge in [0.15, 0.2) is 0 Å². The van der Waals surface area contributed by atoms with Gasteiger partial charge >= 0.3 is 0 Å². The predicted molar refractivity (Wildman–Crippen MR) is 61.8 cm³/mol. The van der Waals surface area contributed by atoms with Crippen LogP contribution in [0.2, 0.25) is 0 Å². The molecule has 0 aromatic heterocycles. The summed E-state index contributed by atoms with van der Waals surface area (Å²) < 4.78 is 0. The van der Waals surface area contributed by atoms with Crippen molar-refractivity contribution >= 4 is 0 Å². The van der Waals surface area contributed by atoms with Gasteiger partial charge in [-0.05, 0) is 37.0 Å². The smallest absolute Gasteiger partial charge is 0.0679 e. The lowest BCUT2D eigenvalue weighted by Gasteiger charge is -2.17. The third kappa shape index (κ3) is 2.39. The third-order valence-corrected chi connectivity index (χ3v) is 3.36. The number of nitrogens with zero attached hydrogens (tertiary/aromatic N) is 1. The van der Waals surface area contributed by atoms with Gasteiger partial charge in [-0.1, -0.05) is 18.2 Å². The van der Waals surface area contributed by atoms with Crippen molar-refractivity contribution in [3.63, 3.8) is 0 Å². The molecule has 2 heteroatoms. The second-order valence-corrected chi connectivity index (χ2v) is 4.54. The van der Waals surface area contributed by atoms with Crippen molar-refractivity contribution in [2.24, 2.45) is 0 Å². The van der Waals surface area contributed by atoms with Crippen LogP contribution in [0, 0.1) is 13.8 Å². The van der Waals surface area contributed by atoms with Crippen molar-refractivity contribution in [3.05, 3.63) is 34.9 Å². The van der Waals surface area contributed by atoms with Crippen molar-refractivity contribution in [3.8, 4) is 0 Å². The van der Waals surface area contributed by atoms with Gasteiger partial charge in [-0.15, -0.1) is 0 Å². The second-order valence-electron chi connectivity index (χ2n) is 4.54. The van der Waals surface area contributed by atoms with Gasteiger partial charge in [0.2, 0.25) is 0 Å². The Kier molecular flexibility index (Phi) is 3.08. The number of rotatable bonds is 2. The summed E-state index contributed by atoms with van der Waals surface area (Å²) in [7, 11) is 0. The first-order chi connectivity index (χ1) is 7.16. The normalized spacial score (nSPS) is 22.2. The first-order valence-electron chi connectivity index (χ1n) is 5.62. The molecule has 82 valence electrons. The van der Waals surface area contributed by atoms with Crippen molar-refractivity contribution in [1.82, 2.24) is 4.90 Å². The minimum Gasteiger partial charge on any atom is -0.392 e. The lowest BCUT2D eigenvalue weighted by molar-refractivity contribution is 0.174. The lowest BCUT2D eigenvalue weighted by Crippen LogP contribution is -2.22. The molecule has 1 aromatic rings. The number of β-amino-alcohol motifs (C(OH)–C–C–N with tert-alkyl or cyclic N) is 1. The summed E-state index contributed by atoms with van der Waals surface area (Å²) in [5.74, 6) is 0. The number of likely N-dealkylation sites (tertiary alicyclic amines) is 1. The van der Waals surface area contributed by atoms with Crippen LogP contribution in [-0.4, -0.2) is 29.2 Å². The second kappa shape index (κ2) is 4.33. The molecule has 15 heavy (non-hydrogen) atoms. The summed E-state index contributed by atoms with van der Waals surface area (Å²) in [5.41, 5.74) is 4.13. The average Bonchev–Trinajstić information content (AvgIpc) is 2.59. The molecule has 1 heterocycles. The van der Waals surface area contributed by atoms with Gasteiger partial charge in [-0.2, -0.15) is 0 Å². The Balaban J connectivity index is 2.07. The topological polar surface area (TPSA) is 23.5 Å². The van der Waals surface area contributed by atoms with E-state index >= 15 is 0 Å². The van der Waals surface area contributed by atoms with Gasteiger partial charge in [0, 0.05) is 19.6 Å². The number of benzene rings is 1. The maximum Gasteiger partial charge on any atom is 0.0679 e. The molecule has 1 saturated heterocycles. The zero-order valence-corrected chi connectivity index (χ0v) is 9.53. The molecule has 1 aliphatic heterocycles. The van der Waals surface area contributed by atoms with E-state index in [9.17, 15) is 5.11 Å². The standard InChI is InChI=1S/C13H19NO/c1-10-4-3-5-12(11(10)2)8-14-7-6-13(15)9-14/h3-5,13,15H,6-9H2,1-2H3/t13-/m0/s1. The van der Waals surface area contributed by atoms with Crippen LogP contribution in [0.15, 0.2) is 18.2 Å². The Morgan fingerprint density at radius 2 is 2.20 bits per heavy atom. The van der Waals surface area contributed by atoms with Crippen LogP contribution in [0.25, 0.3) is 0 Å². The SMILES string of the molecule is Cc1cccc(CN2CC[C@H](O)C2)c1C. The highest BCUT2D eigenvalue weighted by atomic mass is 16.3. The first-order valence-corrected chi connectivity index (χ1v) is 5.62. The van der Waals surface area contributed by atoms with E-state index in [1.165, 1.54) is 16.7 Å². The molecule has 0 saturated carbocycles. The Bertz CT molecular complexity index is 348. The highest BCUT2D eigenvalue weighted by Gasteiger charge is 2.20. The van der Waals surface area contributed by atoms with E-state index in [2.05, 4.69) is 36.9 Å².